The van der Waals surface area contributed by atoms with Crippen LogP contribution in [0.3, 0.4) is 0 Å². The highest BCUT2D eigenvalue weighted by Crippen LogP contribution is 2.44. The molecule has 1 saturated carbocycles. The van der Waals surface area contributed by atoms with Gasteiger partial charge in [-0.1, -0.05) is 19.8 Å². The van der Waals surface area contributed by atoms with Crippen molar-refractivity contribution < 1.29 is 4.74 Å². The first-order valence-corrected chi connectivity index (χ1v) is 6.60. The van der Waals surface area contributed by atoms with Gasteiger partial charge in [-0.25, -0.2) is 0 Å². The summed E-state index contributed by atoms with van der Waals surface area (Å²) in [6, 6.07) is 0. The van der Waals surface area contributed by atoms with Crippen molar-refractivity contribution in [2.24, 2.45) is 0 Å². The molecule has 0 aromatic rings. The first-order chi connectivity index (χ1) is 6.77. The molecule has 0 aromatic heterocycles. The van der Waals surface area contributed by atoms with Crippen LogP contribution < -0.4 is 5.32 Å². The Morgan fingerprint density at radius 1 is 1.36 bits per heavy atom. The molecule has 1 N–H and O–H groups in total. The molecule has 3 unspecified atom stereocenters. The van der Waals surface area contributed by atoms with E-state index in [0.29, 0.717) is 6.10 Å². The van der Waals surface area contributed by atoms with E-state index in [1.165, 1.54) is 32.1 Å². The van der Waals surface area contributed by atoms with Crippen LogP contribution in [0, 0.1) is 0 Å². The lowest BCUT2D eigenvalue weighted by atomic mass is 9.91. The van der Waals surface area contributed by atoms with E-state index in [0.717, 1.165) is 11.8 Å². The lowest BCUT2D eigenvalue weighted by molar-refractivity contribution is 0.0261. The predicted octanol–water partition coefficient (Wildman–Crippen LogP) is 2.39. The van der Waals surface area contributed by atoms with Gasteiger partial charge in [0.1, 0.15) is 0 Å². The number of nitrogens with one attached hydrogen (secondary N) is 1. The molecular weight excluding hydrogens is 194 g/mol. The Hall–Kier alpha value is 0.270. The monoisotopic (exact) mass is 215 g/mol. The van der Waals surface area contributed by atoms with E-state index in [1.54, 1.807) is 0 Å². The van der Waals surface area contributed by atoms with Crippen LogP contribution in [-0.2, 0) is 4.74 Å². The van der Waals surface area contributed by atoms with Gasteiger partial charge in [0.05, 0.1) is 11.0 Å². The van der Waals surface area contributed by atoms with Crippen LogP contribution in [0.2, 0.25) is 0 Å². The van der Waals surface area contributed by atoms with E-state index in [1.807, 2.05) is 7.11 Å². The average Bonchev–Trinajstić information content (AvgIpc) is 2.18. The fourth-order valence-electron chi connectivity index (χ4n) is 2.70. The summed E-state index contributed by atoms with van der Waals surface area (Å²) in [6.45, 7) is 3.50. The van der Waals surface area contributed by atoms with E-state index in [2.05, 4.69) is 24.0 Å². The van der Waals surface area contributed by atoms with Gasteiger partial charge < -0.3 is 10.1 Å². The molecule has 3 atom stereocenters. The SMILES string of the molecule is COC1CCCCC12NCCC(C)S2. The molecule has 1 aliphatic carbocycles. The second-order valence-electron chi connectivity index (χ2n) is 4.50. The number of methoxy groups -OCH3 is 1. The molecule has 2 rings (SSSR count). The van der Waals surface area contributed by atoms with Crippen molar-refractivity contribution >= 4 is 11.8 Å². The summed E-state index contributed by atoms with van der Waals surface area (Å²) in [5, 5.41) is 4.49. The molecule has 14 heavy (non-hydrogen) atoms. The van der Waals surface area contributed by atoms with Gasteiger partial charge in [0, 0.05) is 12.4 Å². The largest absolute Gasteiger partial charge is 0.379 e. The minimum Gasteiger partial charge on any atom is -0.379 e. The molecule has 0 aromatic carbocycles. The minimum atomic E-state index is 0.241. The zero-order valence-corrected chi connectivity index (χ0v) is 10.0. The zero-order valence-electron chi connectivity index (χ0n) is 9.21. The van der Waals surface area contributed by atoms with Crippen LogP contribution in [0.5, 0.6) is 0 Å². The fourth-order valence-corrected chi connectivity index (χ4v) is 4.47. The van der Waals surface area contributed by atoms with Gasteiger partial charge in [0.15, 0.2) is 0 Å². The molecular formula is C11H21NOS. The molecule has 1 aliphatic heterocycles. The molecule has 1 spiro atoms. The summed E-state index contributed by atoms with van der Waals surface area (Å²) in [5.41, 5.74) is 0. The Morgan fingerprint density at radius 2 is 2.21 bits per heavy atom. The van der Waals surface area contributed by atoms with Crippen LogP contribution in [0.15, 0.2) is 0 Å². The van der Waals surface area contributed by atoms with Gasteiger partial charge >= 0.3 is 0 Å². The molecule has 3 heteroatoms. The predicted molar refractivity (Wildman–Crippen MR) is 61.7 cm³/mol. The van der Waals surface area contributed by atoms with Crippen molar-refractivity contribution in [1.29, 1.82) is 0 Å². The van der Waals surface area contributed by atoms with E-state index in [9.17, 15) is 0 Å². The average molecular weight is 215 g/mol. The molecule has 0 bridgehead atoms. The molecule has 2 aliphatic rings. The lowest BCUT2D eigenvalue weighted by Crippen LogP contribution is -2.57. The van der Waals surface area contributed by atoms with E-state index >= 15 is 0 Å². The van der Waals surface area contributed by atoms with Crippen molar-refractivity contribution in [3.8, 4) is 0 Å². The maximum atomic E-state index is 5.65. The van der Waals surface area contributed by atoms with E-state index in [4.69, 9.17) is 4.74 Å². The van der Waals surface area contributed by atoms with Crippen LogP contribution in [0.1, 0.15) is 39.0 Å². The molecule has 0 amide bonds. The highest BCUT2D eigenvalue weighted by Gasteiger charge is 2.44. The van der Waals surface area contributed by atoms with Gasteiger partial charge in [0.25, 0.3) is 0 Å². The van der Waals surface area contributed by atoms with E-state index < -0.39 is 0 Å². The van der Waals surface area contributed by atoms with Crippen LogP contribution in [0.4, 0.5) is 0 Å². The molecule has 2 fully saturated rings. The Labute approximate surface area is 91.2 Å². The van der Waals surface area contributed by atoms with Crippen LogP contribution in [-0.4, -0.2) is 29.9 Å². The molecule has 82 valence electrons. The summed E-state index contributed by atoms with van der Waals surface area (Å²) < 4.78 is 5.65. The highest BCUT2D eigenvalue weighted by molar-refractivity contribution is 8.01. The quantitative estimate of drug-likeness (QED) is 0.725. The minimum absolute atomic E-state index is 0.241. The van der Waals surface area contributed by atoms with E-state index in [-0.39, 0.29) is 4.87 Å². The lowest BCUT2D eigenvalue weighted by Gasteiger charge is -2.47. The van der Waals surface area contributed by atoms with Crippen molar-refractivity contribution in [3.63, 3.8) is 0 Å². The standard InChI is InChI=1S/C11H21NOS/c1-9-6-8-12-11(14-9)7-4-3-5-10(11)13-2/h9-10,12H,3-8H2,1-2H3. The Balaban J connectivity index is 2.09. The molecule has 2 nitrogen and oxygen atoms in total. The third kappa shape index (κ3) is 1.95. The van der Waals surface area contributed by atoms with Gasteiger partial charge in [-0.15, -0.1) is 11.8 Å². The zero-order chi connectivity index (χ0) is 10.0. The third-order valence-electron chi connectivity index (χ3n) is 3.46. The summed E-state index contributed by atoms with van der Waals surface area (Å²) in [7, 11) is 1.86. The first-order valence-electron chi connectivity index (χ1n) is 5.72. The van der Waals surface area contributed by atoms with Crippen molar-refractivity contribution in [2.75, 3.05) is 13.7 Å². The topological polar surface area (TPSA) is 21.3 Å². The van der Waals surface area contributed by atoms with Crippen LogP contribution >= 0.6 is 11.8 Å². The number of hydrogen-bond acceptors (Lipinski definition) is 3. The third-order valence-corrected chi connectivity index (χ3v) is 5.13. The first kappa shape index (κ1) is 10.8. The number of ether oxygens (including phenoxy) is 1. The highest BCUT2D eigenvalue weighted by atomic mass is 32.2. The second kappa shape index (κ2) is 4.42. The summed E-state index contributed by atoms with van der Waals surface area (Å²) in [4.78, 5) is 0.241. The maximum absolute atomic E-state index is 5.65. The Kier molecular flexibility index (Phi) is 3.40. The van der Waals surface area contributed by atoms with Gasteiger partial charge in [-0.2, -0.15) is 0 Å². The van der Waals surface area contributed by atoms with Gasteiger partial charge in [-0.3, -0.25) is 0 Å². The van der Waals surface area contributed by atoms with Gasteiger partial charge in [0.2, 0.25) is 0 Å². The fraction of sp³-hybridized carbons (Fsp3) is 1.00. The maximum Gasteiger partial charge on any atom is 0.0912 e. The normalized spacial score (nSPS) is 44.1. The summed E-state index contributed by atoms with van der Waals surface area (Å²) >= 11 is 2.11. The summed E-state index contributed by atoms with van der Waals surface area (Å²) in [6.07, 6.45) is 6.90. The summed E-state index contributed by atoms with van der Waals surface area (Å²) in [5.74, 6) is 0. The van der Waals surface area contributed by atoms with Crippen molar-refractivity contribution in [2.45, 2.75) is 55.3 Å². The molecule has 1 saturated heterocycles. The number of thioether (sulfide) groups is 1. The van der Waals surface area contributed by atoms with Crippen LogP contribution in [0.25, 0.3) is 0 Å². The Morgan fingerprint density at radius 3 is 2.93 bits per heavy atom. The second-order valence-corrected chi connectivity index (χ2v) is 6.27. The smallest absolute Gasteiger partial charge is 0.0912 e. The Bertz CT molecular complexity index is 196. The van der Waals surface area contributed by atoms with Crippen molar-refractivity contribution in [1.82, 2.24) is 5.32 Å². The number of rotatable bonds is 1. The van der Waals surface area contributed by atoms with Gasteiger partial charge in [-0.05, 0) is 25.8 Å². The molecule has 0 radical (unpaired) electrons. The van der Waals surface area contributed by atoms with Crippen molar-refractivity contribution in [3.05, 3.63) is 0 Å². The molecule has 1 heterocycles. The number of hydrogen-bond donors (Lipinski definition) is 1.